The Morgan fingerprint density at radius 2 is 2.00 bits per heavy atom. The number of carboxylic acid groups (broad SMARTS) is 1. The first kappa shape index (κ1) is 13.6. The summed E-state index contributed by atoms with van der Waals surface area (Å²) < 4.78 is 0. The second-order valence-electron chi connectivity index (χ2n) is 4.59. The smallest absolute Gasteiger partial charge is 0.337 e. The average molecular weight is 275 g/mol. The Kier molecular flexibility index (Phi) is 3.90. The molecule has 2 N–H and O–H groups in total. The third-order valence-electron chi connectivity index (χ3n) is 3.08. The Hall–Kier alpha value is -1.81. The molecule has 1 heterocycles. The molecule has 1 aromatic carbocycles. The molecule has 0 fully saturated rings. The molecule has 4 heteroatoms. The van der Waals surface area contributed by atoms with Crippen LogP contribution in [0.15, 0.2) is 30.3 Å². The van der Waals surface area contributed by atoms with Gasteiger partial charge in [0.1, 0.15) is 0 Å². The largest absolute Gasteiger partial charge is 0.478 e. The number of hydrogen-bond donors (Lipinski definition) is 2. The first-order chi connectivity index (χ1) is 8.99. The monoisotopic (exact) mass is 275 g/mol. The number of hydrogen-bond acceptors (Lipinski definition) is 3. The van der Waals surface area contributed by atoms with Crippen LogP contribution in [0.5, 0.6) is 0 Å². The van der Waals surface area contributed by atoms with E-state index >= 15 is 0 Å². The van der Waals surface area contributed by atoms with Crippen molar-refractivity contribution in [3.05, 3.63) is 51.2 Å². The van der Waals surface area contributed by atoms with Crippen molar-refractivity contribution >= 4 is 23.0 Å². The molecule has 3 nitrogen and oxygen atoms in total. The number of nitrogens with one attached hydrogen (secondary N) is 1. The Morgan fingerprint density at radius 1 is 1.32 bits per heavy atom. The van der Waals surface area contributed by atoms with Crippen LogP contribution in [0.25, 0.3) is 0 Å². The van der Waals surface area contributed by atoms with Gasteiger partial charge in [-0.15, -0.1) is 11.3 Å². The van der Waals surface area contributed by atoms with E-state index < -0.39 is 5.97 Å². The standard InChI is InChI=1S/C15H17NO2S/c1-9-8-13(11(3)19-9)10(2)16-14-7-5-4-6-12(14)15(17)18/h4-8,10,16H,1-3H3,(H,17,18). The van der Waals surface area contributed by atoms with Gasteiger partial charge in [0.05, 0.1) is 5.56 Å². The van der Waals surface area contributed by atoms with Gasteiger partial charge in [-0.2, -0.15) is 0 Å². The molecule has 1 unspecified atom stereocenters. The zero-order valence-corrected chi connectivity index (χ0v) is 12.0. The SMILES string of the molecule is Cc1cc(C(C)Nc2ccccc2C(=O)O)c(C)s1. The van der Waals surface area contributed by atoms with Gasteiger partial charge in [-0.05, 0) is 44.5 Å². The second kappa shape index (κ2) is 5.45. The first-order valence-electron chi connectivity index (χ1n) is 6.15. The number of aryl methyl sites for hydroxylation is 2. The summed E-state index contributed by atoms with van der Waals surface area (Å²) >= 11 is 1.76. The molecule has 0 spiro atoms. The van der Waals surface area contributed by atoms with Gasteiger partial charge in [-0.25, -0.2) is 4.79 Å². The van der Waals surface area contributed by atoms with Crippen molar-refractivity contribution in [3.8, 4) is 0 Å². The Balaban J connectivity index is 2.26. The number of anilines is 1. The van der Waals surface area contributed by atoms with Crippen LogP contribution in [-0.4, -0.2) is 11.1 Å². The second-order valence-corrected chi connectivity index (χ2v) is 6.05. The van der Waals surface area contributed by atoms with Crippen LogP contribution in [0.4, 0.5) is 5.69 Å². The lowest BCUT2D eigenvalue weighted by atomic mass is 10.1. The third kappa shape index (κ3) is 2.96. The fraction of sp³-hybridized carbons (Fsp3) is 0.267. The van der Waals surface area contributed by atoms with Crippen LogP contribution >= 0.6 is 11.3 Å². The lowest BCUT2D eigenvalue weighted by Gasteiger charge is -2.17. The van der Waals surface area contributed by atoms with E-state index in [1.807, 2.05) is 13.0 Å². The Morgan fingerprint density at radius 3 is 2.58 bits per heavy atom. The quantitative estimate of drug-likeness (QED) is 0.877. The highest BCUT2D eigenvalue weighted by molar-refractivity contribution is 7.12. The molecule has 0 amide bonds. The Labute approximate surface area is 116 Å². The lowest BCUT2D eigenvalue weighted by Crippen LogP contribution is -2.10. The molecule has 0 aliphatic carbocycles. The maximum atomic E-state index is 11.2. The van der Waals surface area contributed by atoms with E-state index in [1.54, 1.807) is 29.5 Å². The highest BCUT2D eigenvalue weighted by atomic mass is 32.1. The summed E-state index contributed by atoms with van der Waals surface area (Å²) in [6.45, 7) is 6.22. The summed E-state index contributed by atoms with van der Waals surface area (Å²) in [6, 6.07) is 9.23. The maximum absolute atomic E-state index is 11.2. The van der Waals surface area contributed by atoms with Crippen LogP contribution in [0, 0.1) is 13.8 Å². The van der Waals surface area contributed by atoms with Crippen molar-refractivity contribution in [1.29, 1.82) is 0 Å². The van der Waals surface area contributed by atoms with Crippen molar-refractivity contribution in [1.82, 2.24) is 0 Å². The van der Waals surface area contributed by atoms with Gasteiger partial charge in [0.25, 0.3) is 0 Å². The Bertz CT molecular complexity index is 604. The van der Waals surface area contributed by atoms with Crippen molar-refractivity contribution in [2.45, 2.75) is 26.8 Å². The minimum atomic E-state index is -0.909. The first-order valence-corrected chi connectivity index (χ1v) is 6.96. The zero-order valence-electron chi connectivity index (χ0n) is 11.2. The van der Waals surface area contributed by atoms with E-state index in [0.29, 0.717) is 11.3 Å². The summed E-state index contributed by atoms with van der Waals surface area (Å²) in [7, 11) is 0. The molecule has 100 valence electrons. The summed E-state index contributed by atoms with van der Waals surface area (Å²) in [5.41, 5.74) is 2.19. The van der Waals surface area contributed by atoms with Crippen molar-refractivity contribution < 1.29 is 9.90 Å². The third-order valence-corrected chi connectivity index (χ3v) is 4.06. The van der Waals surface area contributed by atoms with E-state index in [0.717, 1.165) is 0 Å². The average Bonchev–Trinajstić information content (AvgIpc) is 2.69. The number of carboxylic acids is 1. The summed E-state index contributed by atoms with van der Waals surface area (Å²) in [4.78, 5) is 13.7. The van der Waals surface area contributed by atoms with Crippen molar-refractivity contribution in [2.75, 3.05) is 5.32 Å². The molecule has 2 rings (SSSR count). The molecule has 0 aliphatic rings. The van der Waals surface area contributed by atoms with Gasteiger partial charge in [0.2, 0.25) is 0 Å². The summed E-state index contributed by atoms with van der Waals surface area (Å²) in [5.74, 6) is -0.909. The number of para-hydroxylation sites is 1. The molecule has 2 aromatic rings. The van der Waals surface area contributed by atoms with Crippen LogP contribution in [0.1, 0.15) is 38.6 Å². The maximum Gasteiger partial charge on any atom is 0.337 e. The molecule has 0 radical (unpaired) electrons. The van der Waals surface area contributed by atoms with E-state index in [-0.39, 0.29) is 6.04 Å². The number of rotatable bonds is 4. The van der Waals surface area contributed by atoms with Gasteiger partial charge < -0.3 is 10.4 Å². The number of thiophene rings is 1. The van der Waals surface area contributed by atoms with E-state index in [1.165, 1.54) is 15.3 Å². The summed E-state index contributed by atoms with van der Waals surface area (Å²) in [6.07, 6.45) is 0. The number of carbonyl (C=O) groups is 1. The molecule has 1 aromatic heterocycles. The molecule has 1 atom stereocenters. The van der Waals surface area contributed by atoms with Crippen molar-refractivity contribution in [3.63, 3.8) is 0 Å². The van der Waals surface area contributed by atoms with E-state index in [2.05, 4.69) is 25.2 Å². The van der Waals surface area contributed by atoms with E-state index in [4.69, 9.17) is 5.11 Å². The minimum Gasteiger partial charge on any atom is -0.478 e. The fourth-order valence-corrected chi connectivity index (χ4v) is 3.21. The normalized spacial score (nSPS) is 12.2. The fourth-order valence-electron chi connectivity index (χ4n) is 2.19. The number of benzene rings is 1. The predicted octanol–water partition coefficient (Wildman–Crippen LogP) is 4.24. The van der Waals surface area contributed by atoms with Gasteiger partial charge in [-0.3, -0.25) is 0 Å². The lowest BCUT2D eigenvalue weighted by molar-refractivity contribution is 0.0698. The van der Waals surface area contributed by atoms with Gasteiger partial charge >= 0.3 is 5.97 Å². The molecule has 0 aliphatic heterocycles. The zero-order chi connectivity index (χ0) is 14.0. The highest BCUT2D eigenvalue weighted by Crippen LogP contribution is 2.29. The highest BCUT2D eigenvalue weighted by Gasteiger charge is 2.14. The molecular weight excluding hydrogens is 258 g/mol. The van der Waals surface area contributed by atoms with Crippen LogP contribution in [0.2, 0.25) is 0 Å². The molecular formula is C15H17NO2S. The molecule has 19 heavy (non-hydrogen) atoms. The van der Waals surface area contributed by atoms with Crippen molar-refractivity contribution in [2.24, 2.45) is 0 Å². The van der Waals surface area contributed by atoms with Gasteiger partial charge in [-0.1, -0.05) is 12.1 Å². The summed E-state index contributed by atoms with van der Waals surface area (Å²) in [5, 5.41) is 12.5. The van der Waals surface area contributed by atoms with Crippen LogP contribution < -0.4 is 5.32 Å². The predicted molar refractivity (Wildman–Crippen MR) is 79.2 cm³/mol. The minimum absolute atomic E-state index is 0.0884. The molecule has 0 bridgehead atoms. The topological polar surface area (TPSA) is 49.3 Å². The van der Waals surface area contributed by atoms with Crippen LogP contribution in [0.3, 0.4) is 0 Å². The molecule has 0 saturated heterocycles. The van der Waals surface area contributed by atoms with E-state index in [9.17, 15) is 4.79 Å². The molecule has 0 saturated carbocycles. The number of aromatic carboxylic acids is 1. The van der Waals surface area contributed by atoms with Gasteiger partial charge in [0.15, 0.2) is 0 Å². The van der Waals surface area contributed by atoms with Gasteiger partial charge in [0, 0.05) is 21.5 Å². The van der Waals surface area contributed by atoms with Crippen LogP contribution in [-0.2, 0) is 0 Å².